The van der Waals surface area contributed by atoms with Gasteiger partial charge in [0.25, 0.3) is 0 Å². The van der Waals surface area contributed by atoms with E-state index in [0.717, 1.165) is 6.20 Å². The lowest BCUT2D eigenvalue weighted by Crippen LogP contribution is -1.97. The summed E-state index contributed by atoms with van der Waals surface area (Å²) in [6.45, 7) is 1.58. The quantitative estimate of drug-likeness (QED) is 0.677. The second-order valence-corrected chi connectivity index (χ2v) is 3.78. The predicted molar refractivity (Wildman–Crippen MR) is 43.8 cm³/mol. The molecule has 0 aromatic carbocycles. The Balaban J connectivity index is 3.26. The second kappa shape index (κ2) is 3.29. The summed E-state index contributed by atoms with van der Waals surface area (Å²) in [5, 5.41) is 0. The average molecular weight is 205 g/mol. The Morgan fingerprint density at radius 3 is 2.54 bits per heavy atom. The van der Waals surface area contributed by atoms with E-state index in [0.29, 0.717) is 5.56 Å². The van der Waals surface area contributed by atoms with Crippen LogP contribution in [0.5, 0.6) is 5.88 Å². The lowest BCUT2D eigenvalue weighted by atomic mass is 10.3. The third-order valence-corrected chi connectivity index (χ3v) is 2.27. The molecule has 1 aromatic heterocycles. The van der Waals surface area contributed by atoms with Crippen LogP contribution in [-0.4, -0.2) is 20.5 Å². The van der Waals surface area contributed by atoms with Crippen molar-refractivity contribution in [3.8, 4) is 5.88 Å². The fraction of sp³-hybridized carbons (Fsp3) is 0.286. The number of pyridine rings is 1. The Kier molecular flexibility index (Phi) is 2.51. The first-order chi connectivity index (χ1) is 5.95. The molecular formula is C7H8FNO3S. The van der Waals surface area contributed by atoms with E-state index < -0.39 is 15.1 Å². The first kappa shape index (κ1) is 9.91. The summed E-state index contributed by atoms with van der Waals surface area (Å²) < 4.78 is 38.1. The molecule has 1 aromatic rings. The van der Waals surface area contributed by atoms with Crippen molar-refractivity contribution in [3.63, 3.8) is 0 Å². The zero-order valence-electron chi connectivity index (χ0n) is 7.11. The van der Waals surface area contributed by atoms with Crippen molar-refractivity contribution in [3.05, 3.63) is 17.8 Å². The Hall–Kier alpha value is -1.17. The molecule has 0 N–H and O–H groups in total. The molecule has 4 nitrogen and oxygen atoms in total. The molecule has 0 spiro atoms. The molecule has 1 heterocycles. The molecule has 0 amide bonds. The summed E-state index contributed by atoms with van der Waals surface area (Å²) >= 11 is 0. The maximum absolute atomic E-state index is 12.4. The third kappa shape index (κ3) is 2.15. The van der Waals surface area contributed by atoms with Gasteiger partial charge in [0.1, 0.15) is 4.90 Å². The Morgan fingerprint density at radius 2 is 2.15 bits per heavy atom. The maximum atomic E-state index is 12.4. The van der Waals surface area contributed by atoms with E-state index in [9.17, 15) is 12.3 Å². The summed E-state index contributed by atoms with van der Waals surface area (Å²) in [5.74, 6) is 0.285. The molecule has 0 aliphatic heterocycles. The monoisotopic (exact) mass is 205 g/mol. The van der Waals surface area contributed by atoms with Crippen molar-refractivity contribution in [2.24, 2.45) is 0 Å². The molecule has 0 unspecified atom stereocenters. The van der Waals surface area contributed by atoms with Gasteiger partial charge in [-0.05, 0) is 13.0 Å². The SMILES string of the molecule is COc1ncc(S(=O)(=O)F)cc1C. The minimum atomic E-state index is -4.67. The minimum absolute atomic E-state index is 0.285. The van der Waals surface area contributed by atoms with Gasteiger partial charge in [0.05, 0.1) is 13.3 Å². The number of rotatable bonds is 2. The molecule has 0 saturated carbocycles. The highest BCUT2D eigenvalue weighted by Gasteiger charge is 2.13. The predicted octanol–water partition coefficient (Wildman–Crippen LogP) is 1.06. The van der Waals surface area contributed by atoms with Crippen LogP contribution in [0, 0.1) is 6.92 Å². The molecule has 72 valence electrons. The lowest BCUT2D eigenvalue weighted by Gasteiger charge is -2.02. The van der Waals surface area contributed by atoms with Crippen molar-refractivity contribution >= 4 is 10.2 Å². The van der Waals surface area contributed by atoms with Gasteiger partial charge in [-0.25, -0.2) is 4.98 Å². The van der Waals surface area contributed by atoms with Crippen molar-refractivity contribution in [2.75, 3.05) is 7.11 Å². The van der Waals surface area contributed by atoms with Crippen molar-refractivity contribution in [1.82, 2.24) is 4.98 Å². The van der Waals surface area contributed by atoms with E-state index in [-0.39, 0.29) is 5.88 Å². The fourth-order valence-electron chi connectivity index (χ4n) is 0.883. The van der Waals surface area contributed by atoms with Gasteiger partial charge in [0.2, 0.25) is 5.88 Å². The normalized spacial score (nSPS) is 11.3. The smallest absolute Gasteiger partial charge is 0.333 e. The highest BCUT2D eigenvalue weighted by molar-refractivity contribution is 7.86. The molecule has 1 rings (SSSR count). The second-order valence-electron chi connectivity index (χ2n) is 2.44. The Labute approximate surface area is 75.6 Å². The molecule has 0 aliphatic rings. The highest BCUT2D eigenvalue weighted by Crippen LogP contribution is 2.18. The molecular weight excluding hydrogens is 197 g/mol. The number of aromatic nitrogens is 1. The van der Waals surface area contributed by atoms with Crippen molar-refractivity contribution in [1.29, 1.82) is 0 Å². The van der Waals surface area contributed by atoms with Crippen LogP contribution in [0.25, 0.3) is 0 Å². The molecule has 0 atom stereocenters. The third-order valence-electron chi connectivity index (χ3n) is 1.48. The van der Waals surface area contributed by atoms with Gasteiger partial charge in [-0.15, -0.1) is 3.89 Å². The number of ether oxygens (including phenoxy) is 1. The minimum Gasteiger partial charge on any atom is -0.481 e. The maximum Gasteiger partial charge on any atom is 0.333 e. The van der Waals surface area contributed by atoms with Gasteiger partial charge in [0.15, 0.2) is 0 Å². The zero-order chi connectivity index (χ0) is 10.1. The number of halogens is 1. The summed E-state index contributed by atoms with van der Waals surface area (Å²) in [4.78, 5) is 3.17. The van der Waals surface area contributed by atoms with Gasteiger partial charge in [-0.2, -0.15) is 8.42 Å². The van der Waals surface area contributed by atoms with E-state index in [1.807, 2.05) is 0 Å². The van der Waals surface area contributed by atoms with Gasteiger partial charge >= 0.3 is 10.2 Å². The van der Waals surface area contributed by atoms with Crippen LogP contribution in [0.15, 0.2) is 17.2 Å². The van der Waals surface area contributed by atoms with Crippen LogP contribution in [-0.2, 0) is 10.2 Å². The zero-order valence-corrected chi connectivity index (χ0v) is 7.93. The Bertz CT molecular complexity index is 416. The number of hydrogen-bond acceptors (Lipinski definition) is 4. The van der Waals surface area contributed by atoms with Crippen LogP contribution >= 0.6 is 0 Å². The molecule has 13 heavy (non-hydrogen) atoms. The average Bonchev–Trinajstić information content (AvgIpc) is 2.02. The van der Waals surface area contributed by atoms with Gasteiger partial charge in [0, 0.05) is 5.56 Å². The van der Waals surface area contributed by atoms with Crippen LogP contribution in [0.4, 0.5) is 3.89 Å². The summed E-state index contributed by atoms with van der Waals surface area (Å²) in [6, 6.07) is 1.17. The van der Waals surface area contributed by atoms with Crippen LogP contribution < -0.4 is 4.74 Å². The van der Waals surface area contributed by atoms with Gasteiger partial charge in [-0.1, -0.05) is 0 Å². The molecule has 6 heteroatoms. The molecule has 0 fully saturated rings. The number of nitrogens with zero attached hydrogens (tertiary/aromatic N) is 1. The van der Waals surface area contributed by atoms with Crippen molar-refractivity contribution < 1.29 is 17.0 Å². The molecule has 0 saturated heterocycles. The number of methoxy groups -OCH3 is 1. The standard InChI is InChI=1S/C7H8FNO3S/c1-5-3-6(13(8,10)11)4-9-7(5)12-2/h3-4H,1-2H3. The first-order valence-electron chi connectivity index (χ1n) is 3.40. The van der Waals surface area contributed by atoms with Crippen LogP contribution in [0.2, 0.25) is 0 Å². The number of aryl methyl sites for hydroxylation is 1. The molecule has 0 radical (unpaired) electrons. The van der Waals surface area contributed by atoms with E-state index >= 15 is 0 Å². The molecule has 0 bridgehead atoms. The molecule has 0 aliphatic carbocycles. The van der Waals surface area contributed by atoms with E-state index in [1.54, 1.807) is 6.92 Å². The lowest BCUT2D eigenvalue weighted by molar-refractivity contribution is 0.393. The Morgan fingerprint density at radius 1 is 1.54 bits per heavy atom. The van der Waals surface area contributed by atoms with Gasteiger partial charge in [-0.3, -0.25) is 0 Å². The fourth-order valence-corrected chi connectivity index (χ4v) is 1.38. The highest BCUT2D eigenvalue weighted by atomic mass is 32.3. The topological polar surface area (TPSA) is 56.3 Å². The van der Waals surface area contributed by atoms with E-state index in [2.05, 4.69) is 4.98 Å². The van der Waals surface area contributed by atoms with Crippen LogP contribution in [0.3, 0.4) is 0 Å². The summed E-state index contributed by atoms with van der Waals surface area (Å²) in [6.07, 6.45) is 0.918. The first-order valence-corrected chi connectivity index (χ1v) is 4.79. The summed E-state index contributed by atoms with van der Waals surface area (Å²) in [5.41, 5.74) is 0.473. The largest absolute Gasteiger partial charge is 0.481 e. The number of hydrogen-bond donors (Lipinski definition) is 0. The summed E-state index contributed by atoms with van der Waals surface area (Å²) in [7, 11) is -3.27. The van der Waals surface area contributed by atoms with Gasteiger partial charge < -0.3 is 4.74 Å². The van der Waals surface area contributed by atoms with E-state index in [4.69, 9.17) is 4.74 Å². The van der Waals surface area contributed by atoms with Crippen LogP contribution in [0.1, 0.15) is 5.56 Å². The van der Waals surface area contributed by atoms with E-state index in [1.165, 1.54) is 13.2 Å². The van der Waals surface area contributed by atoms with Crippen molar-refractivity contribution in [2.45, 2.75) is 11.8 Å².